The third-order valence-corrected chi connectivity index (χ3v) is 3.81. The number of hydrogen-bond donors (Lipinski definition) is 2. The molecule has 1 atom stereocenters. The first-order valence-electron chi connectivity index (χ1n) is 7.95. The second kappa shape index (κ2) is 7.42. The molecular weight excluding hydrogens is 278 g/mol. The van der Waals surface area contributed by atoms with E-state index in [-0.39, 0.29) is 6.10 Å². The lowest BCUT2D eigenvalue weighted by Gasteiger charge is -2.11. The molecule has 1 saturated heterocycles. The van der Waals surface area contributed by atoms with Crippen LogP contribution in [-0.2, 0) is 11.3 Å². The molecule has 118 valence electrons. The van der Waals surface area contributed by atoms with E-state index >= 15 is 0 Å². The maximum absolute atomic E-state index is 5.78. The number of H-pyrrole nitrogens is 1. The van der Waals surface area contributed by atoms with E-state index in [0.29, 0.717) is 6.61 Å². The SMILES string of the molecule is CCNCc1cc(-c2ccc(OCC3CCCO3)cc2)n[nH]1. The van der Waals surface area contributed by atoms with Crippen molar-refractivity contribution >= 4 is 0 Å². The van der Waals surface area contributed by atoms with Crippen molar-refractivity contribution in [1.29, 1.82) is 0 Å². The molecule has 2 N–H and O–H groups in total. The van der Waals surface area contributed by atoms with E-state index in [0.717, 1.165) is 55.2 Å². The van der Waals surface area contributed by atoms with Gasteiger partial charge in [-0.2, -0.15) is 5.10 Å². The van der Waals surface area contributed by atoms with Crippen LogP contribution in [0.5, 0.6) is 5.75 Å². The summed E-state index contributed by atoms with van der Waals surface area (Å²) in [6.45, 7) is 5.35. The number of nitrogens with one attached hydrogen (secondary N) is 2. The van der Waals surface area contributed by atoms with Crippen molar-refractivity contribution in [1.82, 2.24) is 15.5 Å². The zero-order valence-corrected chi connectivity index (χ0v) is 13.0. The maximum atomic E-state index is 5.78. The summed E-state index contributed by atoms with van der Waals surface area (Å²) in [6, 6.07) is 10.1. The molecule has 0 aliphatic carbocycles. The summed E-state index contributed by atoms with van der Waals surface area (Å²) in [5.41, 5.74) is 3.14. The second-order valence-electron chi connectivity index (χ2n) is 5.53. The third-order valence-electron chi connectivity index (χ3n) is 3.81. The fourth-order valence-electron chi connectivity index (χ4n) is 2.55. The van der Waals surface area contributed by atoms with Crippen LogP contribution in [0.15, 0.2) is 30.3 Å². The Balaban J connectivity index is 1.57. The summed E-state index contributed by atoms with van der Waals surface area (Å²) in [6.07, 6.45) is 2.49. The van der Waals surface area contributed by atoms with E-state index in [4.69, 9.17) is 9.47 Å². The molecule has 5 nitrogen and oxygen atoms in total. The zero-order chi connectivity index (χ0) is 15.2. The largest absolute Gasteiger partial charge is 0.491 e. The van der Waals surface area contributed by atoms with E-state index in [1.165, 1.54) is 0 Å². The highest BCUT2D eigenvalue weighted by atomic mass is 16.5. The molecule has 2 heterocycles. The number of nitrogens with zero attached hydrogens (tertiary/aromatic N) is 1. The van der Waals surface area contributed by atoms with Gasteiger partial charge in [-0.25, -0.2) is 0 Å². The highest BCUT2D eigenvalue weighted by Gasteiger charge is 2.15. The molecule has 0 saturated carbocycles. The van der Waals surface area contributed by atoms with E-state index < -0.39 is 0 Å². The van der Waals surface area contributed by atoms with E-state index in [2.05, 4.69) is 28.5 Å². The first-order chi connectivity index (χ1) is 10.8. The van der Waals surface area contributed by atoms with Crippen LogP contribution >= 0.6 is 0 Å². The lowest BCUT2D eigenvalue weighted by Crippen LogP contribution is -2.16. The van der Waals surface area contributed by atoms with Crippen LogP contribution in [0.1, 0.15) is 25.5 Å². The van der Waals surface area contributed by atoms with Gasteiger partial charge in [-0.3, -0.25) is 5.10 Å². The number of rotatable bonds is 7. The summed E-state index contributed by atoms with van der Waals surface area (Å²) < 4.78 is 11.3. The molecule has 0 bridgehead atoms. The normalized spacial score (nSPS) is 17.8. The van der Waals surface area contributed by atoms with Gasteiger partial charge in [-0.05, 0) is 49.7 Å². The van der Waals surface area contributed by atoms with Gasteiger partial charge in [0.1, 0.15) is 12.4 Å². The van der Waals surface area contributed by atoms with Gasteiger partial charge in [0.2, 0.25) is 0 Å². The smallest absolute Gasteiger partial charge is 0.119 e. The average molecular weight is 301 g/mol. The highest BCUT2D eigenvalue weighted by Crippen LogP contribution is 2.22. The monoisotopic (exact) mass is 301 g/mol. The molecule has 0 radical (unpaired) electrons. The van der Waals surface area contributed by atoms with Crippen molar-refractivity contribution in [2.24, 2.45) is 0 Å². The van der Waals surface area contributed by atoms with E-state index in [9.17, 15) is 0 Å². The lowest BCUT2D eigenvalue weighted by molar-refractivity contribution is 0.0679. The molecule has 0 spiro atoms. The topological polar surface area (TPSA) is 59.2 Å². The second-order valence-corrected chi connectivity index (χ2v) is 5.53. The van der Waals surface area contributed by atoms with Crippen LogP contribution in [0.3, 0.4) is 0 Å². The number of aromatic nitrogens is 2. The Morgan fingerprint density at radius 1 is 1.36 bits per heavy atom. The Morgan fingerprint density at radius 2 is 2.23 bits per heavy atom. The van der Waals surface area contributed by atoms with E-state index in [1.807, 2.05) is 24.3 Å². The Hall–Kier alpha value is -1.85. The predicted molar refractivity (Wildman–Crippen MR) is 85.9 cm³/mol. The number of benzene rings is 1. The minimum atomic E-state index is 0.250. The average Bonchev–Trinajstić information content (AvgIpc) is 3.23. The van der Waals surface area contributed by atoms with Gasteiger partial charge >= 0.3 is 0 Å². The van der Waals surface area contributed by atoms with Gasteiger partial charge in [0, 0.05) is 24.4 Å². The van der Waals surface area contributed by atoms with Crippen LogP contribution in [0.25, 0.3) is 11.3 Å². The molecule has 2 aromatic rings. The van der Waals surface area contributed by atoms with Gasteiger partial charge in [0.05, 0.1) is 11.8 Å². The van der Waals surface area contributed by atoms with Crippen LogP contribution in [0.2, 0.25) is 0 Å². The molecule has 3 rings (SSSR count). The van der Waals surface area contributed by atoms with Crippen molar-refractivity contribution in [3.05, 3.63) is 36.0 Å². The van der Waals surface area contributed by atoms with Crippen LogP contribution in [-0.4, -0.2) is 36.1 Å². The minimum Gasteiger partial charge on any atom is -0.491 e. The van der Waals surface area contributed by atoms with Crippen molar-refractivity contribution in [3.63, 3.8) is 0 Å². The van der Waals surface area contributed by atoms with Crippen LogP contribution < -0.4 is 10.1 Å². The molecule has 1 aromatic carbocycles. The Bertz CT molecular complexity index is 574. The molecule has 1 fully saturated rings. The first kappa shape index (κ1) is 15.1. The molecule has 0 amide bonds. The molecule has 1 unspecified atom stereocenters. The fourth-order valence-corrected chi connectivity index (χ4v) is 2.55. The van der Waals surface area contributed by atoms with E-state index in [1.54, 1.807) is 0 Å². The van der Waals surface area contributed by atoms with Crippen molar-refractivity contribution < 1.29 is 9.47 Å². The Kier molecular flexibility index (Phi) is 5.08. The van der Waals surface area contributed by atoms with Crippen molar-refractivity contribution in [2.75, 3.05) is 19.8 Å². The molecule has 1 aromatic heterocycles. The van der Waals surface area contributed by atoms with Gasteiger partial charge in [0.15, 0.2) is 0 Å². The van der Waals surface area contributed by atoms with Crippen LogP contribution in [0, 0.1) is 0 Å². The molecule has 5 heteroatoms. The highest BCUT2D eigenvalue weighted by molar-refractivity contribution is 5.60. The molecule has 1 aliphatic heterocycles. The van der Waals surface area contributed by atoms with Gasteiger partial charge in [-0.1, -0.05) is 6.92 Å². The van der Waals surface area contributed by atoms with Gasteiger partial charge in [0.25, 0.3) is 0 Å². The molecular formula is C17H23N3O2. The summed E-state index contributed by atoms with van der Waals surface area (Å²) in [5, 5.41) is 10.7. The quantitative estimate of drug-likeness (QED) is 0.825. The summed E-state index contributed by atoms with van der Waals surface area (Å²) in [5.74, 6) is 0.877. The standard InChI is InChI=1S/C17H23N3O2/c1-2-18-11-14-10-17(20-19-14)13-5-7-15(8-6-13)22-12-16-4-3-9-21-16/h5-8,10,16,18H,2-4,9,11-12H2,1H3,(H,19,20). The number of hydrogen-bond acceptors (Lipinski definition) is 4. The summed E-state index contributed by atoms with van der Waals surface area (Å²) in [7, 11) is 0. The first-order valence-corrected chi connectivity index (χ1v) is 7.95. The summed E-state index contributed by atoms with van der Waals surface area (Å²) in [4.78, 5) is 0. The van der Waals surface area contributed by atoms with Crippen LogP contribution in [0.4, 0.5) is 0 Å². The maximum Gasteiger partial charge on any atom is 0.119 e. The number of aromatic amines is 1. The molecule has 1 aliphatic rings. The third kappa shape index (κ3) is 3.87. The Morgan fingerprint density at radius 3 is 2.95 bits per heavy atom. The van der Waals surface area contributed by atoms with Crippen molar-refractivity contribution in [2.45, 2.75) is 32.4 Å². The van der Waals surface area contributed by atoms with Gasteiger partial charge < -0.3 is 14.8 Å². The minimum absolute atomic E-state index is 0.250. The predicted octanol–water partition coefficient (Wildman–Crippen LogP) is 2.74. The lowest BCUT2D eigenvalue weighted by atomic mass is 10.1. The molecule has 22 heavy (non-hydrogen) atoms. The zero-order valence-electron chi connectivity index (χ0n) is 13.0. The van der Waals surface area contributed by atoms with Crippen molar-refractivity contribution in [3.8, 4) is 17.0 Å². The fraction of sp³-hybridized carbons (Fsp3) is 0.471. The summed E-state index contributed by atoms with van der Waals surface area (Å²) >= 11 is 0. The van der Waals surface area contributed by atoms with Gasteiger partial charge in [-0.15, -0.1) is 0 Å². The number of ether oxygens (including phenoxy) is 2. The Labute approximate surface area is 131 Å².